The third-order valence-electron chi connectivity index (χ3n) is 2.27. The molecule has 0 spiro atoms. The van der Waals surface area contributed by atoms with Gasteiger partial charge in [0.15, 0.2) is 0 Å². The van der Waals surface area contributed by atoms with Crippen LogP contribution in [0.15, 0.2) is 21.6 Å². The van der Waals surface area contributed by atoms with Gasteiger partial charge in [0, 0.05) is 6.42 Å². The van der Waals surface area contributed by atoms with Crippen molar-refractivity contribution in [2.24, 2.45) is 0 Å². The van der Waals surface area contributed by atoms with Crippen molar-refractivity contribution in [2.75, 3.05) is 6.61 Å². The van der Waals surface area contributed by atoms with Crippen molar-refractivity contribution in [1.82, 2.24) is 4.72 Å². The molecule has 0 unspecified atom stereocenters. The lowest BCUT2D eigenvalue weighted by Crippen LogP contribution is -2.37. The number of hydrogen-bond acceptors (Lipinski definition) is 5. The zero-order valence-electron chi connectivity index (χ0n) is 8.68. The van der Waals surface area contributed by atoms with Gasteiger partial charge in [-0.15, -0.1) is 11.6 Å². The summed E-state index contributed by atoms with van der Waals surface area (Å²) in [6, 6.07) is 1.92. The molecule has 1 aromatic rings. The van der Waals surface area contributed by atoms with Crippen LogP contribution in [0, 0.1) is 0 Å². The fourth-order valence-electron chi connectivity index (χ4n) is 1.42. The first-order valence-electron chi connectivity index (χ1n) is 4.86. The van der Waals surface area contributed by atoms with Crippen molar-refractivity contribution < 1.29 is 22.4 Å². The Bertz CT molecular complexity index is 523. The number of halogens is 1. The number of rotatable bonds is 4. The highest BCUT2D eigenvalue weighted by atomic mass is 35.5. The van der Waals surface area contributed by atoms with Gasteiger partial charge in [-0.05, 0) is 12.1 Å². The van der Waals surface area contributed by atoms with Crippen molar-refractivity contribution >= 4 is 27.6 Å². The van der Waals surface area contributed by atoms with Gasteiger partial charge < -0.3 is 9.15 Å². The molecule has 1 N–H and O–H groups in total. The molecule has 17 heavy (non-hydrogen) atoms. The number of cyclic esters (lactones) is 1. The summed E-state index contributed by atoms with van der Waals surface area (Å²) in [6.45, 7) is 0.219. The summed E-state index contributed by atoms with van der Waals surface area (Å²) in [5.74, 6) is -0.139. The van der Waals surface area contributed by atoms with Crippen molar-refractivity contribution in [3.63, 3.8) is 0 Å². The van der Waals surface area contributed by atoms with Gasteiger partial charge in [-0.2, -0.15) is 4.72 Å². The topological polar surface area (TPSA) is 85.6 Å². The minimum Gasteiger partial charge on any atom is -0.464 e. The van der Waals surface area contributed by atoms with E-state index in [-0.39, 0.29) is 17.6 Å². The number of alkyl halides is 1. The maximum atomic E-state index is 11.8. The summed E-state index contributed by atoms with van der Waals surface area (Å²) >= 11 is 5.50. The zero-order valence-corrected chi connectivity index (χ0v) is 10.3. The Morgan fingerprint density at radius 1 is 1.47 bits per heavy atom. The number of esters is 1. The third-order valence-corrected chi connectivity index (χ3v) is 3.87. The van der Waals surface area contributed by atoms with Gasteiger partial charge in [-0.3, -0.25) is 4.79 Å². The SMILES string of the molecule is O=C1OCC[C@@H]1NS(=O)(=O)c1ccc(CCl)o1. The second-order valence-corrected chi connectivity index (χ2v) is 5.40. The van der Waals surface area contributed by atoms with Crippen LogP contribution in [-0.4, -0.2) is 27.0 Å². The lowest BCUT2D eigenvalue weighted by Gasteiger charge is -2.07. The van der Waals surface area contributed by atoms with E-state index in [9.17, 15) is 13.2 Å². The van der Waals surface area contributed by atoms with E-state index in [1.807, 2.05) is 0 Å². The van der Waals surface area contributed by atoms with Gasteiger partial charge in [0.25, 0.3) is 10.0 Å². The Hall–Kier alpha value is -1.05. The van der Waals surface area contributed by atoms with Crippen LogP contribution < -0.4 is 4.72 Å². The minimum absolute atomic E-state index is 0.0843. The molecule has 1 aromatic heterocycles. The minimum atomic E-state index is -3.84. The summed E-state index contributed by atoms with van der Waals surface area (Å²) in [7, 11) is -3.84. The fraction of sp³-hybridized carbons (Fsp3) is 0.444. The van der Waals surface area contributed by atoms with Crippen LogP contribution in [0.3, 0.4) is 0 Å². The van der Waals surface area contributed by atoms with E-state index < -0.39 is 22.0 Å². The molecule has 0 radical (unpaired) electrons. The molecule has 2 heterocycles. The van der Waals surface area contributed by atoms with Crippen molar-refractivity contribution in [2.45, 2.75) is 23.4 Å². The number of carbonyl (C=O) groups excluding carboxylic acids is 1. The highest BCUT2D eigenvalue weighted by molar-refractivity contribution is 7.89. The van der Waals surface area contributed by atoms with Gasteiger partial charge in [0.05, 0.1) is 12.5 Å². The van der Waals surface area contributed by atoms with E-state index in [2.05, 4.69) is 9.46 Å². The predicted octanol–water partition coefficient (Wildman–Crippen LogP) is 0.612. The summed E-state index contributed by atoms with van der Waals surface area (Å²) < 4.78 is 35.5. The summed E-state index contributed by atoms with van der Waals surface area (Å²) in [5, 5.41) is -0.257. The molecule has 8 heteroatoms. The van der Waals surface area contributed by atoms with E-state index in [1.54, 1.807) is 0 Å². The quantitative estimate of drug-likeness (QED) is 0.645. The Labute approximate surface area is 103 Å². The summed E-state index contributed by atoms with van der Waals surface area (Å²) in [5.41, 5.74) is 0. The second kappa shape index (κ2) is 4.67. The molecule has 1 fully saturated rings. The van der Waals surface area contributed by atoms with Crippen molar-refractivity contribution in [3.8, 4) is 0 Å². The molecule has 6 nitrogen and oxygen atoms in total. The monoisotopic (exact) mass is 279 g/mol. The third kappa shape index (κ3) is 2.62. The molecular weight excluding hydrogens is 270 g/mol. The summed E-state index contributed by atoms with van der Waals surface area (Å²) in [6.07, 6.45) is 0.321. The molecule has 0 aromatic carbocycles. The lowest BCUT2D eigenvalue weighted by atomic mass is 10.3. The molecule has 0 bridgehead atoms. The maximum absolute atomic E-state index is 11.8. The second-order valence-electron chi connectivity index (χ2n) is 3.48. The van der Waals surface area contributed by atoms with E-state index in [0.29, 0.717) is 12.2 Å². The standard InChI is InChI=1S/C9H10ClNO5S/c10-5-6-1-2-8(16-6)17(13,14)11-7-3-4-15-9(7)12/h1-2,7,11H,3-5H2/t7-/m0/s1. The smallest absolute Gasteiger partial charge is 0.324 e. The van der Waals surface area contributed by atoms with E-state index in [1.165, 1.54) is 12.1 Å². The zero-order chi connectivity index (χ0) is 12.5. The van der Waals surface area contributed by atoms with E-state index in [0.717, 1.165) is 0 Å². The van der Waals surface area contributed by atoms with Crippen molar-refractivity contribution in [1.29, 1.82) is 0 Å². The Morgan fingerprint density at radius 3 is 2.76 bits per heavy atom. The van der Waals surface area contributed by atoms with Crippen LogP contribution in [0.25, 0.3) is 0 Å². The molecule has 94 valence electrons. The van der Waals surface area contributed by atoms with Crippen LogP contribution in [0.4, 0.5) is 0 Å². The molecule has 1 aliphatic heterocycles. The van der Waals surface area contributed by atoms with Gasteiger partial charge >= 0.3 is 5.97 Å². The lowest BCUT2D eigenvalue weighted by molar-refractivity contribution is -0.139. The molecule has 1 aliphatic rings. The molecule has 0 aliphatic carbocycles. The van der Waals surface area contributed by atoms with E-state index in [4.69, 9.17) is 16.0 Å². The van der Waals surface area contributed by atoms with Gasteiger partial charge in [0.1, 0.15) is 11.8 Å². The number of sulfonamides is 1. The van der Waals surface area contributed by atoms with Crippen LogP contribution in [0.1, 0.15) is 12.2 Å². The van der Waals surface area contributed by atoms with E-state index >= 15 is 0 Å². The number of carbonyl (C=O) groups is 1. The summed E-state index contributed by atoms with van der Waals surface area (Å²) in [4.78, 5) is 11.1. The normalized spacial score (nSPS) is 20.5. The van der Waals surface area contributed by atoms with Crippen LogP contribution >= 0.6 is 11.6 Å². The number of nitrogens with one attached hydrogen (secondary N) is 1. The fourth-order valence-corrected chi connectivity index (χ4v) is 2.74. The molecule has 1 saturated heterocycles. The Morgan fingerprint density at radius 2 is 2.24 bits per heavy atom. The Kier molecular flexibility index (Phi) is 3.41. The van der Waals surface area contributed by atoms with Gasteiger partial charge in [0.2, 0.25) is 5.09 Å². The molecular formula is C9H10ClNO5S. The largest absolute Gasteiger partial charge is 0.464 e. The maximum Gasteiger partial charge on any atom is 0.324 e. The highest BCUT2D eigenvalue weighted by Crippen LogP contribution is 2.17. The first kappa shape index (κ1) is 12.4. The first-order valence-corrected chi connectivity index (χ1v) is 6.88. The molecule has 1 atom stereocenters. The number of hydrogen-bond donors (Lipinski definition) is 1. The number of ether oxygens (including phenoxy) is 1. The predicted molar refractivity (Wildman–Crippen MR) is 58.0 cm³/mol. The van der Waals surface area contributed by atoms with Crippen LogP contribution in [0.2, 0.25) is 0 Å². The highest BCUT2D eigenvalue weighted by Gasteiger charge is 2.32. The van der Waals surface area contributed by atoms with Crippen LogP contribution in [0.5, 0.6) is 0 Å². The molecule has 0 amide bonds. The average Bonchev–Trinajstić information content (AvgIpc) is 2.88. The van der Waals surface area contributed by atoms with Crippen molar-refractivity contribution in [3.05, 3.63) is 17.9 Å². The first-order chi connectivity index (χ1) is 8.03. The molecule has 2 rings (SSSR count). The average molecular weight is 280 g/mol. The molecule has 0 saturated carbocycles. The van der Waals surface area contributed by atoms with Gasteiger partial charge in [-0.25, -0.2) is 8.42 Å². The van der Waals surface area contributed by atoms with Crippen LogP contribution in [-0.2, 0) is 25.4 Å². The Balaban J connectivity index is 2.16. The number of furan rings is 1. The van der Waals surface area contributed by atoms with Gasteiger partial charge in [-0.1, -0.05) is 0 Å².